The molecule has 0 fully saturated rings. The SMILES string of the molecule is Cc1ccccc1NS(=O)(=O)c1n[nH]c(C)c1CN. The molecule has 1 aromatic carbocycles. The Morgan fingerprint density at radius 1 is 1.32 bits per heavy atom. The van der Waals surface area contributed by atoms with Gasteiger partial charge in [-0.25, -0.2) is 0 Å². The maximum absolute atomic E-state index is 12.3. The number of rotatable bonds is 4. The van der Waals surface area contributed by atoms with Crippen molar-refractivity contribution in [1.29, 1.82) is 0 Å². The van der Waals surface area contributed by atoms with Gasteiger partial charge in [0.15, 0.2) is 0 Å². The Balaban J connectivity index is 2.41. The van der Waals surface area contributed by atoms with E-state index in [0.29, 0.717) is 16.9 Å². The molecule has 0 bridgehead atoms. The number of sulfonamides is 1. The third-order valence-electron chi connectivity index (χ3n) is 2.88. The lowest BCUT2D eigenvalue weighted by Gasteiger charge is -2.09. The Hall–Kier alpha value is -1.86. The highest BCUT2D eigenvalue weighted by molar-refractivity contribution is 7.92. The normalized spacial score (nSPS) is 11.5. The second kappa shape index (κ2) is 5.02. The van der Waals surface area contributed by atoms with Crippen molar-refractivity contribution in [3.05, 3.63) is 41.1 Å². The molecule has 4 N–H and O–H groups in total. The first-order valence-electron chi connectivity index (χ1n) is 5.78. The van der Waals surface area contributed by atoms with Crippen LogP contribution in [-0.2, 0) is 16.6 Å². The molecule has 102 valence electrons. The summed E-state index contributed by atoms with van der Waals surface area (Å²) in [4.78, 5) is 0. The van der Waals surface area contributed by atoms with E-state index in [1.807, 2.05) is 19.1 Å². The standard InChI is InChI=1S/C12H16N4O2S/c1-8-5-3-4-6-11(8)16-19(17,18)12-10(7-13)9(2)14-15-12/h3-6,16H,7,13H2,1-2H3,(H,14,15). The number of hydrogen-bond donors (Lipinski definition) is 3. The van der Waals surface area contributed by atoms with Crippen LogP contribution in [0.1, 0.15) is 16.8 Å². The lowest BCUT2D eigenvalue weighted by atomic mass is 10.2. The highest BCUT2D eigenvalue weighted by atomic mass is 32.2. The van der Waals surface area contributed by atoms with Crippen molar-refractivity contribution in [2.45, 2.75) is 25.4 Å². The zero-order valence-electron chi connectivity index (χ0n) is 10.8. The van der Waals surface area contributed by atoms with Gasteiger partial charge in [-0.3, -0.25) is 9.82 Å². The number of benzene rings is 1. The van der Waals surface area contributed by atoms with Crippen LogP contribution in [0, 0.1) is 13.8 Å². The van der Waals surface area contributed by atoms with E-state index in [1.165, 1.54) is 0 Å². The number of nitrogens with zero attached hydrogens (tertiary/aromatic N) is 1. The van der Waals surface area contributed by atoms with Gasteiger partial charge < -0.3 is 5.73 Å². The number of hydrogen-bond acceptors (Lipinski definition) is 4. The predicted molar refractivity (Wildman–Crippen MR) is 73.2 cm³/mol. The fourth-order valence-electron chi connectivity index (χ4n) is 1.77. The van der Waals surface area contributed by atoms with Gasteiger partial charge in [-0.1, -0.05) is 18.2 Å². The van der Waals surface area contributed by atoms with E-state index in [-0.39, 0.29) is 11.6 Å². The van der Waals surface area contributed by atoms with Crippen LogP contribution in [-0.4, -0.2) is 18.6 Å². The van der Waals surface area contributed by atoms with Gasteiger partial charge in [0.25, 0.3) is 10.0 Å². The van der Waals surface area contributed by atoms with E-state index < -0.39 is 10.0 Å². The van der Waals surface area contributed by atoms with Crippen LogP contribution in [0.3, 0.4) is 0 Å². The molecule has 0 aliphatic carbocycles. The zero-order chi connectivity index (χ0) is 14.0. The molecule has 0 aliphatic rings. The number of H-pyrrole nitrogens is 1. The number of nitrogens with one attached hydrogen (secondary N) is 2. The molecule has 1 aromatic heterocycles. The van der Waals surface area contributed by atoms with Crippen molar-refractivity contribution in [1.82, 2.24) is 10.2 Å². The Bertz CT molecular complexity index is 692. The molecule has 2 rings (SSSR count). The maximum Gasteiger partial charge on any atom is 0.281 e. The molecule has 0 amide bonds. The van der Waals surface area contributed by atoms with E-state index >= 15 is 0 Å². The highest BCUT2D eigenvalue weighted by Crippen LogP contribution is 2.21. The third-order valence-corrected chi connectivity index (χ3v) is 4.22. The summed E-state index contributed by atoms with van der Waals surface area (Å²) in [6.07, 6.45) is 0. The first-order valence-corrected chi connectivity index (χ1v) is 7.26. The molecule has 7 heteroatoms. The van der Waals surface area contributed by atoms with Crippen LogP contribution in [0.2, 0.25) is 0 Å². The van der Waals surface area contributed by atoms with Gasteiger partial charge >= 0.3 is 0 Å². The number of anilines is 1. The molecular formula is C12H16N4O2S. The first kappa shape index (κ1) is 13.6. The van der Waals surface area contributed by atoms with Gasteiger partial charge in [-0.15, -0.1) is 0 Å². The van der Waals surface area contributed by atoms with Gasteiger partial charge in [0, 0.05) is 17.8 Å². The van der Waals surface area contributed by atoms with Crippen molar-refractivity contribution in [3.8, 4) is 0 Å². The van der Waals surface area contributed by atoms with Crippen LogP contribution >= 0.6 is 0 Å². The maximum atomic E-state index is 12.3. The van der Waals surface area contributed by atoms with Crippen molar-refractivity contribution in [3.63, 3.8) is 0 Å². The zero-order valence-corrected chi connectivity index (χ0v) is 11.6. The molecule has 0 spiro atoms. The lowest BCUT2D eigenvalue weighted by Crippen LogP contribution is -2.17. The van der Waals surface area contributed by atoms with Crippen LogP contribution in [0.5, 0.6) is 0 Å². The summed E-state index contributed by atoms with van der Waals surface area (Å²) < 4.78 is 27.1. The second-order valence-corrected chi connectivity index (χ2v) is 5.85. The fraction of sp³-hybridized carbons (Fsp3) is 0.250. The molecule has 0 saturated heterocycles. The van der Waals surface area contributed by atoms with Crippen LogP contribution < -0.4 is 10.5 Å². The van der Waals surface area contributed by atoms with Gasteiger partial charge in [0.1, 0.15) is 0 Å². The van der Waals surface area contributed by atoms with Gasteiger partial charge in [0.2, 0.25) is 5.03 Å². The monoisotopic (exact) mass is 280 g/mol. The minimum atomic E-state index is -3.73. The Morgan fingerprint density at radius 3 is 2.63 bits per heavy atom. The number of aromatic amines is 1. The third kappa shape index (κ3) is 2.61. The fourth-order valence-corrected chi connectivity index (χ4v) is 3.12. The van der Waals surface area contributed by atoms with E-state index in [4.69, 9.17) is 5.73 Å². The topological polar surface area (TPSA) is 101 Å². The minimum absolute atomic E-state index is 0.0456. The summed E-state index contributed by atoms with van der Waals surface area (Å²) in [6.45, 7) is 3.69. The summed E-state index contributed by atoms with van der Waals surface area (Å²) in [7, 11) is -3.73. The molecule has 0 atom stereocenters. The molecule has 0 aliphatic heterocycles. The molecule has 2 aromatic rings. The number of nitrogens with two attached hydrogens (primary N) is 1. The van der Waals surface area contributed by atoms with E-state index in [1.54, 1.807) is 19.1 Å². The van der Waals surface area contributed by atoms with Gasteiger partial charge in [-0.05, 0) is 25.5 Å². The highest BCUT2D eigenvalue weighted by Gasteiger charge is 2.23. The number of aromatic nitrogens is 2. The molecular weight excluding hydrogens is 264 g/mol. The van der Waals surface area contributed by atoms with Crippen molar-refractivity contribution >= 4 is 15.7 Å². The molecule has 1 heterocycles. The van der Waals surface area contributed by atoms with Crippen LogP contribution in [0.15, 0.2) is 29.3 Å². The smallest absolute Gasteiger partial charge is 0.281 e. The van der Waals surface area contributed by atoms with E-state index in [2.05, 4.69) is 14.9 Å². The Kier molecular flexibility index (Phi) is 3.59. The second-order valence-electron chi connectivity index (χ2n) is 4.26. The molecule has 0 radical (unpaired) electrons. The molecule has 0 unspecified atom stereocenters. The van der Waals surface area contributed by atoms with Crippen LogP contribution in [0.4, 0.5) is 5.69 Å². The van der Waals surface area contributed by atoms with Gasteiger partial charge in [-0.2, -0.15) is 13.5 Å². The summed E-state index contributed by atoms with van der Waals surface area (Å²) >= 11 is 0. The molecule has 6 nitrogen and oxygen atoms in total. The molecule has 19 heavy (non-hydrogen) atoms. The summed E-state index contributed by atoms with van der Waals surface area (Å²) in [5.74, 6) is 0. The summed E-state index contributed by atoms with van der Waals surface area (Å²) in [5.41, 5.74) is 8.10. The quantitative estimate of drug-likeness (QED) is 0.785. The van der Waals surface area contributed by atoms with E-state index in [0.717, 1.165) is 5.56 Å². The van der Waals surface area contributed by atoms with Gasteiger partial charge in [0.05, 0.1) is 5.69 Å². The van der Waals surface area contributed by atoms with Crippen molar-refractivity contribution < 1.29 is 8.42 Å². The average Bonchev–Trinajstić information content (AvgIpc) is 2.74. The lowest BCUT2D eigenvalue weighted by molar-refractivity contribution is 0.595. The number of aryl methyl sites for hydroxylation is 2. The largest absolute Gasteiger partial charge is 0.326 e. The first-order chi connectivity index (χ1) is 8.95. The van der Waals surface area contributed by atoms with Crippen molar-refractivity contribution in [2.75, 3.05) is 4.72 Å². The number of para-hydroxylation sites is 1. The summed E-state index contributed by atoms with van der Waals surface area (Å²) in [5, 5.41) is 6.43. The summed E-state index contributed by atoms with van der Waals surface area (Å²) in [6, 6.07) is 7.15. The van der Waals surface area contributed by atoms with Crippen LogP contribution in [0.25, 0.3) is 0 Å². The molecule has 0 saturated carbocycles. The van der Waals surface area contributed by atoms with E-state index in [9.17, 15) is 8.42 Å². The average molecular weight is 280 g/mol. The minimum Gasteiger partial charge on any atom is -0.326 e. The Labute approximate surface area is 112 Å². The van der Waals surface area contributed by atoms with Crippen molar-refractivity contribution in [2.24, 2.45) is 5.73 Å². The predicted octanol–water partition coefficient (Wildman–Crippen LogP) is 1.29. The Morgan fingerprint density at radius 2 is 2.00 bits per heavy atom.